The molecule has 0 fully saturated rings. The van der Waals surface area contributed by atoms with E-state index in [1.54, 1.807) is 0 Å². The molecule has 0 aromatic heterocycles. The monoisotopic (exact) mass is 295 g/mol. The largest absolute Gasteiger partial charge is 0.396 e. The van der Waals surface area contributed by atoms with Crippen LogP contribution in [-0.4, -0.2) is 23.7 Å². The van der Waals surface area contributed by atoms with Crippen LogP contribution in [0.4, 0.5) is 0 Å². The number of aliphatic hydroxyl groups excluding tert-OH is 1. The van der Waals surface area contributed by atoms with Gasteiger partial charge in [-0.15, -0.1) is 0 Å². The molecule has 3 rings (SSSR count). The van der Waals surface area contributed by atoms with Crippen molar-refractivity contribution in [2.45, 2.75) is 26.3 Å². The van der Waals surface area contributed by atoms with Gasteiger partial charge in [-0.3, -0.25) is 4.79 Å². The molecule has 2 aromatic carbocycles. The van der Waals surface area contributed by atoms with E-state index in [-0.39, 0.29) is 24.5 Å². The Bertz CT molecular complexity index is 708. The number of hydrogen-bond donors (Lipinski definition) is 2. The van der Waals surface area contributed by atoms with Gasteiger partial charge < -0.3 is 10.4 Å². The van der Waals surface area contributed by atoms with Crippen LogP contribution in [0.25, 0.3) is 11.1 Å². The van der Waals surface area contributed by atoms with Crippen molar-refractivity contribution in [1.82, 2.24) is 5.32 Å². The minimum Gasteiger partial charge on any atom is -0.396 e. The highest BCUT2D eigenvalue weighted by Crippen LogP contribution is 2.36. The zero-order valence-electron chi connectivity index (χ0n) is 13.0. The summed E-state index contributed by atoms with van der Waals surface area (Å²) in [6.07, 6.45) is 0.884. The van der Waals surface area contributed by atoms with E-state index < -0.39 is 0 Å². The third-order valence-electron chi connectivity index (χ3n) is 4.56. The highest BCUT2D eigenvalue weighted by Gasteiger charge is 2.20. The second kappa shape index (κ2) is 5.93. The standard InChI is InChI=1S/C19H21NO2/c1-12(11-21)13(2)20-19(22)15-7-8-18-16(10-15)9-14-5-3-4-6-17(14)18/h3-8,10,12-13,21H,9,11H2,1-2H3,(H,20,22). The quantitative estimate of drug-likeness (QED) is 0.777. The lowest BCUT2D eigenvalue weighted by atomic mass is 10.0. The molecule has 1 aliphatic rings. The van der Waals surface area contributed by atoms with Crippen molar-refractivity contribution in [1.29, 1.82) is 0 Å². The summed E-state index contributed by atoms with van der Waals surface area (Å²) in [7, 11) is 0. The molecule has 0 radical (unpaired) electrons. The molecular formula is C19H21NO2. The highest BCUT2D eigenvalue weighted by atomic mass is 16.3. The van der Waals surface area contributed by atoms with Gasteiger partial charge >= 0.3 is 0 Å². The smallest absolute Gasteiger partial charge is 0.251 e. The van der Waals surface area contributed by atoms with Crippen molar-refractivity contribution in [3.05, 3.63) is 59.2 Å². The van der Waals surface area contributed by atoms with E-state index in [0.29, 0.717) is 5.56 Å². The summed E-state index contributed by atoms with van der Waals surface area (Å²) < 4.78 is 0. The molecule has 1 aliphatic carbocycles. The van der Waals surface area contributed by atoms with Gasteiger partial charge in [0.15, 0.2) is 0 Å². The fraction of sp³-hybridized carbons (Fsp3) is 0.316. The molecule has 2 aromatic rings. The van der Waals surface area contributed by atoms with E-state index in [1.165, 1.54) is 22.3 Å². The van der Waals surface area contributed by atoms with Crippen molar-refractivity contribution in [2.75, 3.05) is 6.61 Å². The van der Waals surface area contributed by atoms with E-state index in [0.717, 1.165) is 6.42 Å². The van der Waals surface area contributed by atoms with Crippen LogP contribution >= 0.6 is 0 Å². The summed E-state index contributed by atoms with van der Waals surface area (Å²) in [5.74, 6) is -0.0332. The summed E-state index contributed by atoms with van der Waals surface area (Å²) >= 11 is 0. The molecule has 1 amide bonds. The van der Waals surface area contributed by atoms with Gasteiger partial charge in [0.25, 0.3) is 5.91 Å². The van der Waals surface area contributed by atoms with Gasteiger partial charge in [-0.1, -0.05) is 37.3 Å². The second-order valence-corrected chi connectivity index (χ2v) is 6.13. The van der Waals surface area contributed by atoms with Crippen LogP contribution in [0.2, 0.25) is 0 Å². The Kier molecular flexibility index (Phi) is 3.99. The van der Waals surface area contributed by atoms with Crippen molar-refractivity contribution >= 4 is 5.91 Å². The first-order valence-corrected chi connectivity index (χ1v) is 7.73. The van der Waals surface area contributed by atoms with E-state index >= 15 is 0 Å². The first-order valence-electron chi connectivity index (χ1n) is 7.73. The molecule has 2 unspecified atom stereocenters. The van der Waals surface area contributed by atoms with E-state index in [1.807, 2.05) is 38.1 Å². The van der Waals surface area contributed by atoms with Crippen LogP contribution in [0.3, 0.4) is 0 Å². The van der Waals surface area contributed by atoms with Crippen LogP contribution in [-0.2, 0) is 6.42 Å². The predicted octanol–water partition coefficient (Wildman–Crippen LogP) is 3.00. The molecule has 2 N–H and O–H groups in total. The highest BCUT2D eigenvalue weighted by molar-refractivity contribution is 5.95. The number of carbonyl (C=O) groups is 1. The number of fused-ring (bicyclic) bond motifs is 3. The molecule has 22 heavy (non-hydrogen) atoms. The summed E-state index contributed by atoms with van der Waals surface area (Å²) in [6, 6.07) is 14.2. The van der Waals surface area contributed by atoms with Gasteiger partial charge in [-0.25, -0.2) is 0 Å². The van der Waals surface area contributed by atoms with Gasteiger partial charge in [-0.2, -0.15) is 0 Å². The van der Waals surface area contributed by atoms with Gasteiger partial charge in [0, 0.05) is 18.2 Å². The van der Waals surface area contributed by atoms with E-state index in [4.69, 9.17) is 5.11 Å². The molecule has 0 aliphatic heterocycles. The third-order valence-corrected chi connectivity index (χ3v) is 4.56. The van der Waals surface area contributed by atoms with E-state index in [9.17, 15) is 4.79 Å². The second-order valence-electron chi connectivity index (χ2n) is 6.13. The van der Waals surface area contributed by atoms with Gasteiger partial charge in [-0.05, 0) is 53.6 Å². The molecule has 0 heterocycles. The molecule has 114 valence electrons. The minimum absolute atomic E-state index is 0.0441. The summed E-state index contributed by atoms with van der Waals surface area (Å²) in [4.78, 5) is 12.4. The molecule has 2 atom stereocenters. The van der Waals surface area contributed by atoms with Gasteiger partial charge in [0.2, 0.25) is 0 Å². The maximum absolute atomic E-state index is 12.4. The van der Waals surface area contributed by atoms with Crippen LogP contribution in [0, 0.1) is 5.92 Å². The Labute approximate surface area is 131 Å². The summed E-state index contributed by atoms with van der Waals surface area (Å²) in [5, 5.41) is 12.1. The number of rotatable bonds is 4. The normalized spacial score (nSPS) is 14.9. The summed E-state index contributed by atoms with van der Waals surface area (Å²) in [5.41, 5.74) is 5.70. The van der Waals surface area contributed by atoms with Crippen LogP contribution < -0.4 is 5.32 Å². The number of nitrogens with one attached hydrogen (secondary N) is 1. The number of hydrogen-bond acceptors (Lipinski definition) is 2. The molecule has 0 saturated carbocycles. The van der Waals surface area contributed by atoms with Crippen LogP contribution in [0.1, 0.15) is 35.3 Å². The van der Waals surface area contributed by atoms with Crippen molar-refractivity contribution in [3.8, 4) is 11.1 Å². The predicted molar refractivity (Wildman–Crippen MR) is 87.9 cm³/mol. The van der Waals surface area contributed by atoms with Gasteiger partial charge in [0.05, 0.1) is 0 Å². The maximum atomic E-state index is 12.4. The maximum Gasteiger partial charge on any atom is 0.251 e. The topological polar surface area (TPSA) is 49.3 Å². The zero-order chi connectivity index (χ0) is 15.7. The average molecular weight is 295 g/mol. The Morgan fingerprint density at radius 2 is 1.86 bits per heavy atom. The minimum atomic E-state index is -0.0773. The SMILES string of the molecule is CC(CO)C(C)NC(=O)c1ccc2c(c1)Cc1ccccc1-2. The van der Waals surface area contributed by atoms with Crippen LogP contribution in [0.15, 0.2) is 42.5 Å². The summed E-state index contributed by atoms with van der Waals surface area (Å²) in [6.45, 7) is 3.91. The number of aliphatic hydroxyl groups is 1. The molecule has 3 heteroatoms. The lowest BCUT2D eigenvalue weighted by Crippen LogP contribution is -2.38. The Hall–Kier alpha value is -2.13. The molecule has 3 nitrogen and oxygen atoms in total. The number of benzene rings is 2. The molecule has 0 bridgehead atoms. The van der Waals surface area contributed by atoms with Crippen molar-refractivity contribution in [3.63, 3.8) is 0 Å². The third kappa shape index (κ3) is 2.64. The molecule has 0 saturated heterocycles. The zero-order valence-corrected chi connectivity index (χ0v) is 13.0. The van der Waals surface area contributed by atoms with Crippen molar-refractivity contribution in [2.24, 2.45) is 5.92 Å². The number of carbonyl (C=O) groups excluding carboxylic acids is 1. The Balaban J connectivity index is 1.81. The first kappa shape index (κ1) is 14.8. The lowest BCUT2D eigenvalue weighted by molar-refractivity contribution is 0.0916. The fourth-order valence-corrected chi connectivity index (χ4v) is 2.88. The van der Waals surface area contributed by atoms with E-state index in [2.05, 4.69) is 23.5 Å². The lowest BCUT2D eigenvalue weighted by Gasteiger charge is -2.19. The van der Waals surface area contributed by atoms with Crippen LogP contribution in [0.5, 0.6) is 0 Å². The Morgan fingerprint density at radius 1 is 1.14 bits per heavy atom. The Morgan fingerprint density at radius 3 is 2.64 bits per heavy atom. The average Bonchev–Trinajstić information content (AvgIpc) is 2.91. The van der Waals surface area contributed by atoms with Crippen molar-refractivity contribution < 1.29 is 9.90 Å². The fourth-order valence-electron chi connectivity index (χ4n) is 2.88. The number of amides is 1. The first-order chi connectivity index (χ1) is 10.6. The molecule has 0 spiro atoms. The molecular weight excluding hydrogens is 274 g/mol. The van der Waals surface area contributed by atoms with Gasteiger partial charge in [0.1, 0.15) is 0 Å².